The van der Waals surface area contributed by atoms with E-state index in [1.165, 1.54) is 0 Å². The van der Waals surface area contributed by atoms with Gasteiger partial charge in [0.15, 0.2) is 0 Å². The Hall–Kier alpha value is -1.00. The van der Waals surface area contributed by atoms with Gasteiger partial charge in [0.2, 0.25) is 0 Å². The fourth-order valence-corrected chi connectivity index (χ4v) is 2.02. The van der Waals surface area contributed by atoms with Crippen LogP contribution in [0.4, 0.5) is 0 Å². The fourth-order valence-electron chi connectivity index (χ4n) is 2.02. The first-order valence-electron chi connectivity index (χ1n) is 5.45. The second kappa shape index (κ2) is 4.68. The van der Waals surface area contributed by atoms with Crippen LogP contribution in [0.3, 0.4) is 0 Å². The van der Waals surface area contributed by atoms with Crippen molar-refractivity contribution in [2.24, 2.45) is 0 Å². The molecule has 1 aliphatic carbocycles. The predicted molar refractivity (Wildman–Crippen MR) is 57.3 cm³/mol. The van der Waals surface area contributed by atoms with E-state index in [4.69, 9.17) is 0 Å². The Bertz CT molecular complexity index is 329. The number of rotatable bonds is 3. The molecule has 4 nitrogen and oxygen atoms in total. The maximum Gasteiger partial charge on any atom is 0.125 e. The minimum Gasteiger partial charge on any atom is -0.392 e. The van der Waals surface area contributed by atoms with Gasteiger partial charge in [0.05, 0.1) is 11.8 Å². The maximum atomic E-state index is 9.63. The Morgan fingerprint density at radius 1 is 1.53 bits per heavy atom. The van der Waals surface area contributed by atoms with Crippen LogP contribution in [0.1, 0.15) is 30.8 Å². The van der Waals surface area contributed by atoms with Crippen LogP contribution in [0.25, 0.3) is 0 Å². The molecule has 2 N–H and O–H groups in total. The molecule has 82 valence electrons. The zero-order chi connectivity index (χ0) is 10.7. The third-order valence-corrected chi connectivity index (χ3v) is 2.86. The van der Waals surface area contributed by atoms with E-state index in [0.717, 1.165) is 30.8 Å². The summed E-state index contributed by atoms with van der Waals surface area (Å²) in [6, 6.07) is 2.14. The first kappa shape index (κ1) is 10.5. The summed E-state index contributed by atoms with van der Waals surface area (Å²) in [7, 11) is 0. The van der Waals surface area contributed by atoms with Gasteiger partial charge in [0, 0.05) is 18.8 Å². The topological polar surface area (TPSA) is 58.0 Å². The molecule has 1 aromatic rings. The predicted octanol–water partition coefficient (Wildman–Crippen LogP) is 0.788. The van der Waals surface area contributed by atoms with Crippen molar-refractivity contribution in [3.8, 4) is 0 Å². The van der Waals surface area contributed by atoms with E-state index in [0.29, 0.717) is 6.54 Å². The number of aliphatic hydroxyl groups is 1. The van der Waals surface area contributed by atoms with E-state index in [2.05, 4.69) is 15.3 Å². The van der Waals surface area contributed by atoms with Crippen molar-refractivity contribution in [1.29, 1.82) is 0 Å². The van der Waals surface area contributed by atoms with E-state index in [9.17, 15) is 5.11 Å². The molecule has 0 saturated heterocycles. The van der Waals surface area contributed by atoms with Crippen LogP contribution in [0, 0.1) is 6.92 Å². The molecule has 1 fully saturated rings. The van der Waals surface area contributed by atoms with Gasteiger partial charge in [0.1, 0.15) is 5.82 Å². The van der Waals surface area contributed by atoms with Gasteiger partial charge in [-0.15, -0.1) is 0 Å². The molecule has 1 saturated carbocycles. The van der Waals surface area contributed by atoms with E-state index < -0.39 is 0 Å². The normalized spacial score (nSPS) is 25.7. The summed E-state index contributed by atoms with van der Waals surface area (Å²) in [5, 5.41) is 13.0. The lowest BCUT2D eigenvalue weighted by Crippen LogP contribution is -2.35. The average molecular weight is 207 g/mol. The van der Waals surface area contributed by atoms with Crippen LogP contribution in [-0.4, -0.2) is 27.2 Å². The maximum absolute atomic E-state index is 9.63. The van der Waals surface area contributed by atoms with Crippen molar-refractivity contribution in [3.05, 3.63) is 23.8 Å². The average Bonchev–Trinajstić information content (AvgIpc) is 2.61. The first-order chi connectivity index (χ1) is 7.25. The van der Waals surface area contributed by atoms with Crippen LogP contribution in [-0.2, 0) is 6.54 Å². The van der Waals surface area contributed by atoms with Crippen LogP contribution >= 0.6 is 0 Å². The van der Waals surface area contributed by atoms with Gasteiger partial charge in [0.25, 0.3) is 0 Å². The molecular formula is C11H17N3O. The summed E-state index contributed by atoms with van der Waals surface area (Å²) < 4.78 is 0. The first-order valence-corrected chi connectivity index (χ1v) is 5.45. The lowest BCUT2D eigenvalue weighted by Gasteiger charge is -2.15. The van der Waals surface area contributed by atoms with Crippen LogP contribution in [0.2, 0.25) is 0 Å². The van der Waals surface area contributed by atoms with E-state index in [-0.39, 0.29) is 12.1 Å². The molecule has 0 spiro atoms. The third-order valence-electron chi connectivity index (χ3n) is 2.86. The molecule has 1 aliphatic rings. The molecule has 0 unspecified atom stereocenters. The summed E-state index contributed by atoms with van der Waals surface area (Å²) in [4.78, 5) is 8.35. The minimum absolute atomic E-state index is 0.187. The third kappa shape index (κ3) is 2.73. The van der Waals surface area contributed by atoms with Crippen molar-refractivity contribution in [2.75, 3.05) is 0 Å². The van der Waals surface area contributed by atoms with Crippen molar-refractivity contribution in [2.45, 2.75) is 44.9 Å². The van der Waals surface area contributed by atoms with Crippen LogP contribution < -0.4 is 5.32 Å². The molecule has 0 bridgehead atoms. The standard InChI is InChI=1S/C11H17N3O/c1-8-12-6-5-9(14-8)7-13-10-3-2-4-11(10)15/h5-6,10-11,13,15H,2-4,7H2,1H3/t10-,11-/m0/s1. The molecule has 0 amide bonds. The Morgan fingerprint density at radius 3 is 3.07 bits per heavy atom. The zero-order valence-electron chi connectivity index (χ0n) is 8.98. The van der Waals surface area contributed by atoms with E-state index in [1.54, 1.807) is 6.20 Å². The smallest absolute Gasteiger partial charge is 0.125 e. The van der Waals surface area contributed by atoms with E-state index in [1.807, 2.05) is 13.0 Å². The second-order valence-corrected chi connectivity index (χ2v) is 4.08. The Morgan fingerprint density at radius 2 is 2.40 bits per heavy atom. The van der Waals surface area contributed by atoms with Gasteiger partial charge in [-0.3, -0.25) is 0 Å². The SMILES string of the molecule is Cc1nccc(CN[C@H]2CCC[C@@H]2O)n1. The molecule has 2 atom stereocenters. The van der Waals surface area contributed by atoms with Gasteiger partial charge >= 0.3 is 0 Å². The number of nitrogens with one attached hydrogen (secondary N) is 1. The number of nitrogens with zero attached hydrogens (tertiary/aromatic N) is 2. The van der Waals surface area contributed by atoms with Gasteiger partial charge in [-0.05, 0) is 32.3 Å². The van der Waals surface area contributed by atoms with Crippen molar-refractivity contribution in [3.63, 3.8) is 0 Å². The molecule has 1 heterocycles. The van der Waals surface area contributed by atoms with Crippen LogP contribution in [0.15, 0.2) is 12.3 Å². The molecule has 0 radical (unpaired) electrons. The molecule has 2 rings (SSSR count). The lowest BCUT2D eigenvalue weighted by molar-refractivity contribution is 0.148. The monoisotopic (exact) mass is 207 g/mol. The highest BCUT2D eigenvalue weighted by Crippen LogP contribution is 2.18. The number of hydrogen-bond donors (Lipinski definition) is 2. The number of aliphatic hydroxyl groups excluding tert-OH is 1. The Kier molecular flexibility index (Phi) is 3.28. The molecule has 1 aromatic heterocycles. The minimum atomic E-state index is -0.187. The lowest BCUT2D eigenvalue weighted by atomic mass is 10.2. The number of aromatic nitrogens is 2. The molecule has 0 aromatic carbocycles. The highest BCUT2D eigenvalue weighted by molar-refractivity contribution is 5.01. The van der Waals surface area contributed by atoms with Crippen molar-refractivity contribution in [1.82, 2.24) is 15.3 Å². The number of aryl methyl sites for hydroxylation is 1. The number of hydrogen-bond acceptors (Lipinski definition) is 4. The summed E-state index contributed by atoms with van der Waals surface area (Å²) in [5.41, 5.74) is 0.988. The molecule has 4 heteroatoms. The zero-order valence-corrected chi connectivity index (χ0v) is 8.98. The van der Waals surface area contributed by atoms with Gasteiger partial charge in [-0.1, -0.05) is 0 Å². The highest BCUT2D eigenvalue weighted by Gasteiger charge is 2.24. The van der Waals surface area contributed by atoms with Gasteiger partial charge < -0.3 is 10.4 Å². The van der Waals surface area contributed by atoms with Crippen LogP contribution in [0.5, 0.6) is 0 Å². The Balaban J connectivity index is 1.87. The summed E-state index contributed by atoms with van der Waals surface area (Å²) >= 11 is 0. The fraction of sp³-hybridized carbons (Fsp3) is 0.636. The van der Waals surface area contributed by atoms with Gasteiger partial charge in [-0.2, -0.15) is 0 Å². The summed E-state index contributed by atoms with van der Waals surface area (Å²) in [6.45, 7) is 2.60. The highest BCUT2D eigenvalue weighted by atomic mass is 16.3. The van der Waals surface area contributed by atoms with Crippen molar-refractivity contribution >= 4 is 0 Å². The summed E-state index contributed by atoms with van der Waals surface area (Å²) in [6.07, 6.45) is 4.67. The quantitative estimate of drug-likeness (QED) is 0.769. The van der Waals surface area contributed by atoms with E-state index >= 15 is 0 Å². The molecule has 15 heavy (non-hydrogen) atoms. The van der Waals surface area contributed by atoms with Crippen molar-refractivity contribution < 1.29 is 5.11 Å². The van der Waals surface area contributed by atoms with Gasteiger partial charge in [-0.25, -0.2) is 9.97 Å². The Labute approximate surface area is 89.8 Å². The molecular weight excluding hydrogens is 190 g/mol. The summed E-state index contributed by atoms with van der Waals surface area (Å²) in [5.74, 6) is 0.793. The second-order valence-electron chi connectivity index (χ2n) is 4.08. The molecule has 0 aliphatic heterocycles. The largest absolute Gasteiger partial charge is 0.392 e.